The number of aromatic carboxylic acids is 1. The maximum Gasteiger partial charge on any atom is 0.337 e. The Morgan fingerprint density at radius 2 is 2.18 bits per heavy atom. The summed E-state index contributed by atoms with van der Waals surface area (Å²) in [5.41, 5.74) is 7.84. The van der Waals surface area contributed by atoms with Gasteiger partial charge in [0.15, 0.2) is 0 Å². The van der Waals surface area contributed by atoms with Gasteiger partial charge in [-0.3, -0.25) is 0 Å². The van der Waals surface area contributed by atoms with E-state index in [1.807, 2.05) is 13.0 Å². The molecule has 0 aromatic heterocycles. The summed E-state index contributed by atoms with van der Waals surface area (Å²) >= 11 is 0. The first-order valence-electron chi connectivity index (χ1n) is 5.85. The van der Waals surface area contributed by atoms with Crippen LogP contribution in [0.5, 0.6) is 0 Å². The largest absolute Gasteiger partial charge is 0.478 e. The summed E-state index contributed by atoms with van der Waals surface area (Å²) in [5, 5.41) is 12.3. The zero-order valence-electron chi connectivity index (χ0n) is 10.6. The molecule has 0 spiro atoms. The van der Waals surface area contributed by atoms with Crippen molar-refractivity contribution in [1.29, 1.82) is 0 Å². The van der Waals surface area contributed by atoms with Crippen molar-refractivity contribution >= 4 is 17.3 Å². The lowest BCUT2D eigenvalue weighted by Gasteiger charge is -2.16. The molecule has 0 aliphatic heterocycles. The van der Waals surface area contributed by atoms with Gasteiger partial charge in [-0.2, -0.15) is 0 Å². The average Bonchev–Trinajstić information content (AvgIpc) is 2.23. The molecule has 1 unspecified atom stereocenters. The molecule has 0 saturated carbocycles. The number of nitrogens with two attached hydrogens (primary N) is 1. The molecule has 0 amide bonds. The molecule has 0 saturated heterocycles. The van der Waals surface area contributed by atoms with Crippen molar-refractivity contribution < 1.29 is 9.90 Å². The smallest absolute Gasteiger partial charge is 0.337 e. The Balaban J connectivity index is 2.98. The maximum atomic E-state index is 11.0. The number of hydrogen-bond donors (Lipinski definition) is 3. The van der Waals surface area contributed by atoms with Gasteiger partial charge in [-0.1, -0.05) is 13.3 Å². The van der Waals surface area contributed by atoms with Crippen LogP contribution >= 0.6 is 0 Å². The van der Waals surface area contributed by atoms with Crippen LogP contribution in [-0.2, 0) is 0 Å². The number of nitrogen functional groups attached to an aromatic ring is 1. The van der Waals surface area contributed by atoms with Gasteiger partial charge in [0.2, 0.25) is 0 Å². The number of carboxylic acids is 1. The molecule has 1 rings (SSSR count). The Morgan fingerprint density at radius 1 is 1.53 bits per heavy atom. The van der Waals surface area contributed by atoms with E-state index in [-0.39, 0.29) is 5.56 Å². The first-order valence-corrected chi connectivity index (χ1v) is 5.85. The van der Waals surface area contributed by atoms with Gasteiger partial charge in [-0.25, -0.2) is 4.79 Å². The Hall–Kier alpha value is -1.71. The van der Waals surface area contributed by atoms with Crippen LogP contribution in [0.3, 0.4) is 0 Å². The highest BCUT2D eigenvalue weighted by molar-refractivity contribution is 5.95. The van der Waals surface area contributed by atoms with Gasteiger partial charge in [0, 0.05) is 17.4 Å². The summed E-state index contributed by atoms with van der Waals surface area (Å²) in [4.78, 5) is 11.0. The average molecular weight is 236 g/mol. The second kappa shape index (κ2) is 5.57. The SMILES string of the molecule is CCCC(C)Nc1cc(C)c(N)c(C(=O)O)c1. The predicted octanol–water partition coefficient (Wildman–Crippen LogP) is 2.88. The van der Waals surface area contributed by atoms with Gasteiger partial charge in [0.1, 0.15) is 0 Å². The van der Waals surface area contributed by atoms with E-state index < -0.39 is 5.97 Å². The molecule has 1 aromatic carbocycles. The zero-order chi connectivity index (χ0) is 13.0. The Bertz CT molecular complexity index is 416. The van der Waals surface area contributed by atoms with Crippen molar-refractivity contribution in [2.45, 2.75) is 39.7 Å². The van der Waals surface area contributed by atoms with Crippen LogP contribution in [0.1, 0.15) is 42.6 Å². The highest BCUT2D eigenvalue weighted by Crippen LogP contribution is 2.23. The summed E-state index contributed by atoms with van der Waals surface area (Å²) in [5.74, 6) is -0.989. The van der Waals surface area contributed by atoms with Gasteiger partial charge in [0.05, 0.1) is 5.56 Å². The fourth-order valence-corrected chi connectivity index (χ4v) is 1.85. The first kappa shape index (κ1) is 13.4. The summed E-state index contributed by atoms with van der Waals surface area (Å²) in [7, 11) is 0. The summed E-state index contributed by atoms with van der Waals surface area (Å²) in [6.45, 7) is 6.02. The number of nitrogens with one attached hydrogen (secondary N) is 1. The van der Waals surface area contributed by atoms with E-state index in [1.54, 1.807) is 6.07 Å². The fraction of sp³-hybridized carbons (Fsp3) is 0.462. The van der Waals surface area contributed by atoms with E-state index in [0.29, 0.717) is 11.7 Å². The fourth-order valence-electron chi connectivity index (χ4n) is 1.85. The third kappa shape index (κ3) is 3.37. The van der Waals surface area contributed by atoms with E-state index in [4.69, 9.17) is 10.8 Å². The first-order chi connectivity index (χ1) is 7.95. The Morgan fingerprint density at radius 3 is 2.71 bits per heavy atom. The Labute approximate surface area is 102 Å². The van der Waals surface area contributed by atoms with Crippen molar-refractivity contribution in [2.24, 2.45) is 0 Å². The molecule has 0 heterocycles. The van der Waals surface area contributed by atoms with E-state index in [1.165, 1.54) is 0 Å². The number of anilines is 2. The molecule has 4 N–H and O–H groups in total. The monoisotopic (exact) mass is 236 g/mol. The number of benzene rings is 1. The molecule has 1 atom stereocenters. The molecule has 0 radical (unpaired) electrons. The van der Waals surface area contributed by atoms with Crippen LogP contribution in [0.15, 0.2) is 12.1 Å². The lowest BCUT2D eigenvalue weighted by molar-refractivity contribution is 0.0698. The van der Waals surface area contributed by atoms with Crippen molar-refractivity contribution in [3.05, 3.63) is 23.3 Å². The number of carbonyl (C=O) groups is 1. The summed E-state index contributed by atoms with van der Waals surface area (Å²) in [6.07, 6.45) is 2.14. The molecule has 94 valence electrons. The minimum atomic E-state index is -0.989. The summed E-state index contributed by atoms with van der Waals surface area (Å²) in [6, 6.07) is 3.80. The van der Waals surface area contributed by atoms with E-state index in [2.05, 4.69) is 19.2 Å². The summed E-state index contributed by atoms with van der Waals surface area (Å²) < 4.78 is 0. The van der Waals surface area contributed by atoms with E-state index in [0.717, 1.165) is 24.1 Å². The van der Waals surface area contributed by atoms with Crippen molar-refractivity contribution in [2.75, 3.05) is 11.1 Å². The number of hydrogen-bond acceptors (Lipinski definition) is 3. The van der Waals surface area contributed by atoms with Gasteiger partial charge < -0.3 is 16.2 Å². The third-order valence-electron chi connectivity index (χ3n) is 2.75. The highest BCUT2D eigenvalue weighted by atomic mass is 16.4. The minimum Gasteiger partial charge on any atom is -0.478 e. The molecular weight excluding hydrogens is 216 g/mol. The van der Waals surface area contributed by atoms with Crippen LogP contribution in [-0.4, -0.2) is 17.1 Å². The second-order valence-electron chi connectivity index (χ2n) is 4.39. The maximum absolute atomic E-state index is 11.0. The van der Waals surface area contributed by atoms with Gasteiger partial charge >= 0.3 is 5.97 Å². The van der Waals surface area contributed by atoms with Crippen LogP contribution in [0.2, 0.25) is 0 Å². The minimum absolute atomic E-state index is 0.163. The molecule has 17 heavy (non-hydrogen) atoms. The van der Waals surface area contributed by atoms with Crippen LogP contribution in [0, 0.1) is 6.92 Å². The third-order valence-corrected chi connectivity index (χ3v) is 2.75. The molecule has 4 heteroatoms. The normalized spacial score (nSPS) is 12.2. The topological polar surface area (TPSA) is 75.3 Å². The molecule has 0 fully saturated rings. The second-order valence-corrected chi connectivity index (χ2v) is 4.39. The van der Waals surface area contributed by atoms with Crippen LogP contribution < -0.4 is 11.1 Å². The number of rotatable bonds is 5. The molecule has 0 aliphatic rings. The predicted molar refractivity (Wildman–Crippen MR) is 70.5 cm³/mol. The van der Waals surface area contributed by atoms with Crippen molar-refractivity contribution in [3.8, 4) is 0 Å². The Kier molecular flexibility index (Phi) is 4.37. The standard InChI is InChI=1S/C13H20N2O2/c1-4-5-9(3)15-10-6-8(2)12(14)11(7-10)13(16)17/h6-7,9,15H,4-5,14H2,1-3H3,(H,16,17). The lowest BCUT2D eigenvalue weighted by atomic mass is 10.1. The number of carboxylic acid groups (broad SMARTS) is 1. The van der Waals surface area contributed by atoms with Gasteiger partial charge in [-0.05, 0) is 38.0 Å². The molecule has 0 aliphatic carbocycles. The highest BCUT2D eigenvalue weighted by Gasteiger charge is 2.12. The zero-order valence-corrected chi connectivity index (χ0v) is 10.6. The van der Waals surface area contributed by atoms with E-state index >= 15 is 0 Å². The van der Waals surface area contributed by atoms with Crippen LogP contribution in [0.25, 0.3) is 0 Å². The van der Waals surface area contributed by atoms with Crippen molar-refractivity contribution in [3.63, 3.8) is 0 Å². The molecule has 1 aromatic rings. The molecular formula is C13H20N2O2. The molecule has 4 nitrogen and oxygen atoms in total. The quantitative estimate of drug-likeness (QED) is 0.687. The van der Waals surface area contributed by atoms with Gasteiger partial charge in [-0.15, -0.1) is 0 Å². The van der Waals surface area contributed by atoms with Gasteiger partial charge in [0.25, 0.3) is 0 Å². The number of aryl methyl sites for hydroxylation is 1. The van der Waals surface area contributed by atoms with Crippen LogP contribution in [0.4, 0.5) is 11.4 Å². The van der Waals surface area contributed by atoms with E-state index in [9.17, 15) is 4.79 Å². The van der Waals surface area contributed by atoms with Crippen molar-refractivity contribution in [1.82, 2.24) is 0 Å². The lowest BCUT2D eigenvalue weighted by Crippen LogP contribution is -2.15. The molecule has 0 bridgehead atoms.